The molecule has 0 aliphatic carbocycles. The Balaban J connectivity index is 2.90. The summed E-state index contributed by atoms with van der Waals surface area (Å²) in [6.45, 7) is 4.54. The predicted octanol–water partition coefficient (Wildman–Crippen LogP) is 2.44. The largest absolute Gasteiger partial charge is 0.492 e. The second-order valence-corrected chi connectivity index (χ2v) is 2.59. The first-order valence-electron chi connectivity index (χ1n) is 3.49. The van der Waals surface area contributed by atoms with E-state index in [1.165, 1.54) is 0 Å². The summed E-state index contributed by atoms with van der Waals surface area (Å²) in [5.74, 6) is 0.803. The summed E-state index contributed by atoms with van der Waals surface area (Å²) in [6, 6.07) is 1.78. The number of ether oxygens (including phenoxy) is 1. The molecule has 0 unspecified atom stereocenters. The zero-order valence-corrected chi connectivity index (χ0v) is 7.35. The molecule has 1 rings (SSSR count). The third kappa shape index (κ3) is 2.09. The minimum absolute atomic E-state index is 0.506. The maximum Gasteiger partial charge on any atom is 0.140 e. The van der Waals surface area contributed by atoms with Crippen LogP contribution in [-0.2, 0) is 0 Å². The molecule has 0 bridgehead atoms. The van der Waals surface area contributed by atoms with Crippen LogP contribution in [0, 0.1) is 6.92 Å². The highest BCUT2D eigenvalue weighted by atomic mass is 35.5. The molecule has 11 heavy (non-hydrogen) atoms. The van der Waals surface area contributed by atoms with E-state index in [9.17, 15) is 0 Å². The molecule has 1 aromatic heterocycles. The molecule has 0 aromatic carbocycles. The van der Waals surface area contributed by atoms with Gasteiger partial charge in [0, 0.05) is 0 Å². The molecule has 0 aliphatic heterocycles. The quantitative estimate of drug-likeness (QED) is 0.638. The molecule has 1 aromatic rings. The second-order valence-electron chi connectivity index (χ2n) is 2.21. The van der Waals surface area contributed by atoms with Gasteiger partial charge in [-0.25, -0.2) is 4.98 Å². The fourth-order valence-corrected chi connectivity index (χ4v) is 1.03. The molecule has 0 radical (unpaired) electrons. The van der Waals surface area contributed by atoms with Gasteiger partial charge in [0.05, 0.1) is 12.8 Å². The van der Waals surface area contributed by atoms with Gasteiger partial charge in [0.1, 0.15) is 10.9 Å². The highest BCUT2D eigenvalue weighted by Crippen LogP contribution is 2.18. The Morgan fingerprint density at radius 2 is 2.36 bits per heavy atom. The van der Waals surface area contributed by atoms with Crippen molar-refractivity contribution in [1.29, 1.82) is 0 Å². The van der Waals surface area contributed by atoms with Crippen LogP contribution < -0.4 is 4.74 Å². The number of nitrogens with zero attached hydrogens (tertiary/aromatic N) is 1. The molecule has 3 heteroatoms. The normalized spacial score (nSPS) is 9.73. The van der Waals surface area contributed by atoms with E-state index >= 15 is 0 Å². The molecule has 0 atom stereocenters. The van der Waals surface area contributed by atoms with Crippen LogP contribution in [0.1, 0.15) is 12.5 Å². The van der Waals surface area contributed by atoms with E-state index in [1.807, 2.05) is 13.8 Å². The van der Waals surface area contributed by atoms with Gasteiger partial charge in [0.2, 0.25) is 0 Å². The van der Waals surface area contributed by atoms with Crippen LogP contribution in [0.4, 0.5) is 0 Å². The molecule has 0 N–H and O–H groups in total. The van der Waals surface area contributed by atoms with Gasteiger partial charge < -0.3 is 4.74 Å². The minimum atomic E-state index is 0.506. The Morgan fingerprint density at radius 3 is 2.91 bits per heavy atom. The van der Waals surface area contributed by atoms with Gasteiger partial charge in [-0.2, -0.15) is 0 Å². The Hall–Kier alpha value is -0.760. The van der Waals surface area contributed by atoms with Crippen LogP contribution in [-0.4, -0.2) is 11.6 Å². The monoisotopic (exact) mass is 171 g/mol. The number of aryl methyl sites for hydroxylation is 1. The lowest BCUT2D eigenvalue weighted by Crippen LogP contribution is -1.94. The molecular weight excluding hydrogens is 162 g/mol. The van der Waals surface area contributed by atoms with Crippen LogP contribution in [0.2, 0.25) is 5.15 Å². The Morgan fingerprint density at radius 1 is 1.64 bits per heavy atom. The number of rotatable bonds is 2. The van der Waals surface area contributed by atoms with Crippen molar-refractivity contribution in [1.82, 2.24) is 4.98 Å². The number of halogens is 1. The summed E-state index contributed by atoms with van der Waals surface area (Å²) >= 11 is 5.65. The molecule has 0 aliphatic rings. The predicted molar refractivity (Wildman–Crippen MR) is 45.2 cm³/mol. The summed E-state index contributed by atoms with van der Waals surface area (Å²) in [4.78, 5) is 3.90. The van der Waals surface area contributed by atoms with Gasteiger partial charge >= 0.3 is 0 Å². The van der Waals surface area contributed by atoms with Crippen molar-refractivity contribution in [2.75, 3.05) is 6.61 Å². The molecule has 0 fully saturated rings. The van der Waals surface area contributed by atoms with Crippen molar-refractivity contribution < 1.29 is 4.74 Å². The Kier molecular flexibility index (Phi) is 2.71. The average Bonchev–Trinajstić information content (AvgIpc) is 1.95. The van der Waals surface area contributed by atoms with Crippen molar-refractivity contribution in [2.24, 2.45) is 0 Å². The lowest BCUT2D eigenvalue weighted by atomic mass is 10.3. The maximum absolute atomic E-state index is 5.65. The van der Waals surface area contributed by atoms with Gasteiger partial charge in [0.15, 0.2) is 0 Å². The summed E-state index contributed by atoms with van der Waals surface area (Å²) in [6.07, 6.45) is 1.64. The maximum atomic E-state index is 5.65. The van der Waals surface area contributed by atoms with E-state index in [0.717, 1.165) is 11.3 Å². The molecule has 2 nitrogen and oxygen atoms in total. The fourth-order valence-electron chi connectivity index (χ4n) is 0.816. The van der Waals surface area contributed by atoms with Gasteiger partial charge in [0.25, 0.3) is 0 Å². The summed E-state index contributed by atoms with van der Waals surface area (Å²) in [7, 11) is 0. The van der Waals surface area contributed by atoms with E-state index in [1.54, 1.807) is 12.3 Å². The van der Waals surface area contributed by atoms with Crippen molar-refractivity contribution >= 4 is 11.6 Å². The summed E-state index contributed by atoms with van der Waals surface area (Å²) in [5, 5.41) is 0.506. The van der Waals surface area contributed by atoms with Gasteiger partial charge in [-0.15, -0.1) is 0 Å². The van der Waals surface area contributed by atoms with Crippen molar-refractivity contribution in [2.45, 2.75) is 13.8 Å². The van der Waals surface area contributed by atoms with E-state index in [-0.39, 0.29) is 0 Å². The first kappa shape index (κ1) is 8.34. The lowest BCUT2D eigenvalue weighted by molar-refractivity contribution is 0.336. The van der Waals surface area contributed by atoms with E-state index < -0.39 is 0 Å². The zero-order chi connectivity index (χ0) is 8.27. The summed E-state index contributed by atoms with van der Waals surface area (Å²) < 4.78 is 5.27. The second kappa shape index (κ2) is 3.58. The van der Waals surface area contributed by atoms with Crippen LogP contribution in [0.5, 0.6) is 5.75 Å². The zero-order valence-electron chi connectivity index (χ0n) is 6.60. The average molecular weight is 172 g/mol. The van der Waals surface area contributed by atoms with Gasteiger partial charge in [-0.3, -0.25) is 0 Å². The molecule has 0 saturated heterocycles. The Labute approximate surface area is 71.2 Å². The Bertz CT molecular complexity index is 250. The first-order chi connectivity index (χ1) is 5.24. The number of pyridine rings is 1. The third-order valence-electron chi connectivity index (χ3n) is 1.33. The molecule has 1 heterocycles. The highest BCUT2D eigenvalue weighted by Gasteiger charge is 1.98. The molecule has 60 valence electrons. The van der Waals surface area contributed by atoms with Crippen molar-refractivity contribution in [3.05, 3.63) is 23.0 Å². The molecule has 0 amide bonds. The van der Waals surface area contributed by atoms with E-state index in [0.29, 0.717) is 11.8 Å². The van der Waals surface area contributed by atoms with Gasteiger partial charge in [-0.05, 0) is 25.5 Å². The van der Waals surface area contributed by atoms with E-state index in [4.69, 9.17) is 16.3 Å². The van der Waals surface area contributed by atoms with Crippen LogP contribution in [0.25, 0.3) is 0 Å². The SMILES string of the molecule is CCOc1cnc(Cl)cc1C. The smallest absolute Gasteiger partial charge is 0.140 e. The topological polar surface area (TPSA) is 22.1 Å². The standard InChI is InChI=1S/C8H10ClNO/c1-3-11-7-5-10-8(9)4-6(7)2/h4-5H,3H2,1-2H3. The summed E-state index contributed by atoms with van der Waals surface area (Å²) in [5.41, 5.74) is 1.02. The highest BCUT2D eigenvalue weighted by molar-refractivity contribution is 6.29. The van der Waals surface area contributed by atoms with Crippen molar-refractivity contribution in [3.63, 3.8) is 0 Å². The lowest BCUT2D eigenvalue weighted by Gasteiger charge is -2.04. The number of aromatic nitrogens is 1. The van der Waals surface area contributed by atoms with E-state index in [2.05, 4.69) is 4.98 Å². The third-order valence-corrected chi connectivity index (χ3v) is 1.54. The fraction of sp³-hybridized carbons (Fsp3) is 0.375. The van der Waals surface area contributed by atoms with Gasteiger partial charge in [-0.1, -0.05) is 11.6 Å². The van der Waals surface area contributed by atoms with Crippen LogP contribution in [0.15, 0.2) is 12.3 Å². The number of hydrogen-bond acceptors (Lipinski definition) is 2. The van der Waals surface area contributed by atoms with Crippen molar-refractivity contribution in [3.8, 4) is 5.75 Å². The molecule has 0 saturated carbocycles. The van der Waals surface area contributed by atoms with Crippen LogP contribution in [0.3, 0.4) is 0 Å². The first-order valence-corrected chi connectivity index (χ1v) is 3.86. The molecule has 0 spiro atoms. The van der Waals surface area contributed by atoms with Crippen LogP contribution >= 0.6 is 11.6 Å². The minimum Gasteiger partial charge on any atom is -0.492 e. The molecular formula is C8H10ClNO. The number of hydrogen-bond donors (Lipinski definition) is 0.